The van der Waals surface area contributed by atoms with E-state index in [1.54, 1.807) is 0 Å². The van der Waals surface area contributed by atoms with Gasteiger partial charge in [0, 0.05) is 0 Å². The highest BCUT2D eigenvalue weighted by Crippen LogP contribution is 2.58. The van der Waals surface area contributed by atoms with Crippen molar-refractivity contribution in [2.24, 2.45) is 5.41 Å². The van der Waals surface area contributed by atoms with Gasteiger partial charge in [-0.15, -0.1) is 0 Å². The SMILES string of the molecule is CC(C)(C)C1(S(=O)(=O)C2CC(O)C2)CC1. The first-order valence-electron chi connectivity index (χ1n) is 5.62. The summed E-state index contributed by atoms with van der Waals surface area (Å²) in [7, 11) is -3.04. The molecule has 0 heterocycles. The van der Waals surface area contributed by atoms with Gasteiger partial charge in [0.25, 0.3) is 0 Å². The van der Waals surface area contributed by atoms with Crippen LogP contribution in [0.5, 0.6) is 0 Å². The van der Waals surface area contributed by atoms with Crippen LogP contribution < -0.4 is 0 Å². The average molecular weight is 232 g/mol. The maximum atomic E-state index is 12.4. The number of aliphatic hydroxyl groups excluding tert-OH is 1. The maximum Gasteiger partial charge on any atom is 0.159 e. The first-order chi connectivity index (χ1) is 6.71. The van der Waals surface area contributed by atoms with E-state index in [1.165, 1.54) is 0 Å². The van der Waals surface area contributed by atoms with E-state index in [9.17, 15) is 13.5 Å². The van der Waals surface area contributed by atoms with E-state index >= 15 is 0 Å². The van der Waals surface area contributed by atoms with Gasteiger partial charge in [-0.1, -0.05) is 20.8 Å². The molecule has 0 unspecified atom stereocenters. The van der Waals surface area contributed by atoms with Gasteiger partial charge in [-0.3, -0.25) is 0 Å². The molecule has 15 heavy (non-hydrogen) atoms. The molecule has 2 aliphatic rings. The molecule has 0 aromatic carbocycles. The fraction of sp³-hybridized carbons (Fsp3) is 1.00. The van der Waals surface area contributed by atoms with E-state index < -0.39 is 14.6 Å². The van der Waals surface area contributed by atoms with Crippen molar-refractivity contribution in [3.8, 4) is 0 Å². The summed E-state index contributed by atoms with van der Waals surface area (Å²) in [6.07, 6.45) is 2.09. The molecule has 2 aliphatic carbocycles. The Labute approximate surface area is 91.8 Å². The zero-order valence-corrected chi connectivity index (χ0v) is 10.5. The summed E-state index contributed by atoms with van der Waals surface area (Å²) < 4.78 is 24.3. The standard InChI is InChI=1S/C11H20O3S/c1-10(2,3)11(4-5-11)15(13,14)9-6-8(12)7-9/h8-9,12H,4-7H2,1-3H3. The number of hydrogen-bond donors (Lipinski definition) is 1. The van der Waals surface area contributed by atoms with Crippen LogP contribution in [-0.4, -0.2) is 29.6 Å². The number of hydrogen-bond acceptors (Lipinski definition) is 3. The van der Waals surface area contributed by atoms with Crippen molar-refractivity contribution >= 4 is 9.84 Å². The lowest BCUT2D eigenvalue weighted by molar-refractivity contribution is 0.0966. The third-order valence-electron chi connectivity index (χ3n) is 4.12. The maximum absolute atomic E-state index is 12.4. The molecule has 0 saturated heterocycles. The minimum atomic E-state index is -3.04. The molecular formula is C11H20O3S. The molecule has 0 aliphatic heterocycles. The molecule has 0 spiro atoms. The zero-order valence-electron chi connectivity index (χ0n) is 9.66. The van der Waals surface area contributed by atoms with E-state index in [-0.39, 0.29) is 16.8 Å². The van der Waals surface area contributed by atoms with Gasteiger partial charge in [-0.05, 0) is 31.1 Å². The van der Waals surface area contributed by atoms with Gasteiger partial charge in [0.05, 0.1) is 16.1 Å². The van der Waals surface area contributed by atoms with E-state index in [2.05, 4.69) is 0 Å². The van der Waals surface area contributed by atoms with Crippen LogP contribution >= 0.6 is 0 Å². The lowest BCUT2D eigenvalue weighted by atomic mass is 9.89. The highest BCUT2D eigenvalue weighted by atomic mass is 32.2. The van der Waals surface area contributed by atoms with Gasteiger partial charge < -0.3 is 5.11 Å². The summed E-state index contributed by atoms with van der Waals surface area (Å²) in [6.45, 7) is 6.02. The molecule has 2 fully saturated rings. The van der Waals surface area contributed by atoms with E-state index in [0.717, 1.165) is 12.8 Å². The topological polar surface area (TPSA) is 54.4 Å². The third-order valence-corrected chi connectivity index (χ3v) is 7.50. The zero-order chi connectivity index (χ0) is 11.5. The average Bonchev–Trinajstić information content (AvgIpc) is 2.75. The Hall–Kier alpha value is -0.0900. The van der Waals surface area contributed by atoms with Crippen molar-refractivity contribution in [3.63, 3.8) is 0 Å². The van der Waals surface area contributed by atoms with Gasteiger partial charge in [0.15, 0.2) is 9.84 Å². The molecular weight excluding hydrogens is 212 g/mol. The smallest absolute Gasteiger partial charge is 0.159 e. The van der Waals surface area contributed by atoms with Gasteiger partial charge in [0.2, 0.25) is 0 Å². The summed E-state index contributed by atoms with van der Waals surface area (Å²) in [6, 6.07) is 0. The van der Waals surface area contributed by atoms with Gasteiger partial charge in [0.1, 0.15) is 0 Å². The van der Waals surface area contributed by atoms with Crippen LogP contribution in [-0.2, 0) is 9.84 Å². The van der Waals surface area contributed by atoms with Crippen LogP contribution in [0.2, 0.25) is 0 Å². The summed E-state index contributed by atoms with van der Waals surface area (Å²) in [4.78, 5) is 0. The second-order valence-corrected chi connectivity index (χ2v) is 8.57. The largest absolute Gasteiger partial charge is 0.393 e. The van der Waals surface area contributed by atoms with Crippen LogP contribution in [0.25, 0.3) is 0 Å². The Morgan fingerprint density at radius 3 is 1.93 bits per heavy atom. The second kappa shape index (κ2) is 2.98. The molecule has 3 nitrogen and oxygen atoms in total. The highest BCUT2D eigenvalue weighted by molar-refractivity contribution is 7.93. The van der Waals surface area contributed by atoms with Crippen molar-refractivity contribution in [1.82, 2.24) is 0 Å². The van der Waals surface area contributed by atoms with Crippen LogP contribution in [0, 0.1) is 5.41 Å². The minimum Gasteiger partial charge on any atom is -0.393 e. The Bertz CT molecular complexity index is 354. The van der Waals surface area contributed by atoms with Gasteiger partial charge >= 0.3 is 0 Å². The molecule has 0 amide bonds. The highest BCUT2D eigenvalue weighted by Gasteiger charge is 2.64. The molecule has 0 aromatic rings. The molecule has 88 valence electrons. The molecule has 0 atom stereocenters. The van der Waals surface area contributed by atoms with E-state index in [4.69, 9.17) is 0 Å². The van der Waals surface area contributed by atoms with E-state index in [0.29, 0.717) is 12.8 Å². The first-order valence-corrected chi connectivity index (χ1v) is 7.17. The monoisotopic (exact) mass is 232 g/mol. The fourth-order valence-corrected chi connectivity index (χ4v) is 5.80. The Balaban J connectivity index is 2.24. The van der Waals surface area contributed by atoms with Crippen molar-refractivity contribution in [1.29, 1.82) is 0 Å². The van der Waals surface area contributed by atoms with Gasteiger partial charge in [-0.2, -0.15) is 0 Å². The summed E-state index contributed by atoms with van der Waals surface area (Å²) >= 11 is 0. The first kappa shape index (κ1) is 11.4. The van der Waals surface area contributed by atoms with Crippen molar-refractivity contribution in [2.75, 3.05) is 0 Å². The molecule has 4 heteroatoms. The number of aliphatic hydroxyl groups is 1. The summed E-state index contributed by atoms with van der Waals surface area (Å²) in [5.41, 5.74) is -0.174. The predicted molar refractivity (Wildman–Crippen MR) is 59.4 cm³/mol. The normalized spacial score (nSPS) is 34.7. The van der Waals surface area contributed by atoms with E-state index in [1.807, 2.05) is 20.8 Å². The molecule has 1 N–H and O–H groups in total. The lowest BCUT2D eigenvalue weighted by Gasteiger charge is -2.39. The summed E-state index contributed by atoms with van der Waals surface area (Å²) in [5, 5.41) is 8.92. The van der Waals surface area contributed by atoms with Crippen LogP contribution in [0.1, 0.15) is 46.5 Å². The van der Waals surface area contributed by atoms with Crippen molar-refractivity contribution in [2.45, 2.75) is 62.6 Å². The molecule has 2 rings (SSSR count). The Morgan fingerprint density at radius 1 is 1.20 bits per heavy atom. The van der Waals surface area contributed by atoms with Crippen LogP contribution in [0.3, 0.4) is 0 Å². The Morgan fingerprint density at radius 2 is 1.67 bits per heavy atom. The number of rotatable bonds is 2. The Kier molecular flexibility index (Phi) is 2.26. The summed E-state index contributed by atoms with van der Waals surface area (Å²) in [5.74, 6) is 0. The molecule has 0 bridgehead atoms. The molecule has 0 radical (unpaired) electrons. The number of sulfone groups is 1. The van der Waals surface area contributed by atoms with Crippen molar-refractivity contribution in [3.05, 3.63) is 0 Å². The quantitative estimate of drug-likeness (QED) is 0.785. The second-order valence-electron chi connectivity index (χ2n) is 6.04. The van der Waals surface area contributed by atoms with Crippen LogP contribution in [0.15, 0.2) is 0 Å². The third kappa shape index (κ3) is 1.45. The van der Waals surface area contributed by atoms with Gasteiger partial charge in [-0.25, -0.2) is 8.42 Å². The van der Waals surface area contributed by atoms with Crippen LogP contribution in [0.4, 0.5) is 0 Å². The minimum absolute atomic E-state index is 0.174. The van der Waals surface area contributed by atoms with Crippen molar-refractivity contribution < 1.29 is 13.5 Å². The fourth-order valence-electron chi connectivity index (χ4n) is 2.69. The lowest BCUT2D eigenvalue weighted by Crippen LogP contribution is -2.49. The molecule has 0 aromatic heterocycles. The predicted octanol–water partition coefficient (Wildman–Crippen LogP) is 1.50. The molecule has 2 saturated carbocycles.